The lowest BCUT2D eigenvalue weighted by atomic mass is 10.1. The summed E-state index contributed by atoms with van der Waals surface area (Å²) < 4.78 is 1.31. The molecule has 0 saturated carbocycles. The Bertz CT molecular complexity index is 1080. The van der Waals surface area contributed by atoms with Crippen molar-refractivity contribution in [1.82, 2.24) is 15.2 Å². The molecule has 2 aromatic heterocycles. The molecule has 0 bridgehead atoms. The Morgan fingerprint density at radius 1 is 1.32 bits per heavy atom. The summed E-state index contributed by atoms with van der Waals surface area (Å²) in [6, 6.07) is 9.07. The molecule has 1 aromatic carbocycles. The number of amides is 2. The summed E-state index contributed by atoms with van der Waals surface area (Å²) in [5, 5.41) is 3.47. The van der Waals surface area contributed by atoms with Crippen LogP contribution >= 0.6 is 46.1 Å². The number of hydrogen-bond acceptors (Lipinski definition) is 3. The molecule has 9 heteroatoms. The molecular weight excluding hydrogens is 441 g/mol. The number of carbonyl (C=O) groups excluding carboxylic acids is 2. The molecule has 28 heavy (non-hydrogen) atoms. The van der Waals surface area contributed by atoms with Crippen molar-refractivity contribution in [3.63, 3.8) is 0 Å². The van der Waals surface area contributed by atoms with Crippen LogP contribution in [0.25, 0.3) is 10.2 Å². The lowest BCUT2D eigenvalue weighted by molar-refractivity contribution is -0.129. The average molecular weight is 457 g/mol. The number of fused-ring (bicyclic) bond motifs is 2. The van der Waals surface area contributed by atoms with E-state index in [1.165, 1.54) is 11.3 Å². The van der Waals surface area contributed by atoms with Gasteiger partial charge in [-0.15, -0.1) is 22.9 Å². The zero-order valence-corrected chi connectivity index (χ0v) is 17.8. The van der Waals surface area contributed by atoms with E-state index in [2.05, 4.69) is 10.3 Å². The minimum absolute atomic E-state index is 0.109. The predicted molar refractivity (Wildman–Crippen MR) is 114 cm³/mol. The number of nitrogens with one attached hydrogen (secondary N) is 2. The summed E-state index contributed by atoms with van der Waals surface area (Å²) in [5.74, 6) is -0.559. The number of nitrogens with zero attached hydrogens (tertiary/aromatic N) is 1. The van der Waals surface area contributed by atoms with Gasteiger partial charge in [-0.25, -0.2) is 0 Å². The third-order valence-corrected chi connectivity index (χ3v) is 7.21. The Morgan fingerprint density at radius 2 is 2.07 bits per heavy atom. The van der Waals surface area contributed by atoms with Crippen LogP contribution in [0, 0.1) is 0 Å². The summed E-state index contributed by atoms with van der Waals surface area (Å²) in [4.78, 5) is 29.7. The van der Waals surface area contributed by atoms with Gasteiger partial charge in [-0.05, 0) is 23.6 Å². The molecule has 2 atom stereocenters. The van der Waals surface area contributed by atoms with E-state index in [1.54, 1.807) is 18.0 Å². The number of hydrogen-bond donors (Lipinski definition) is 2. The Morgan fingerprint density at radius 3 is 2.79 bits per heavy atom. The average Bonchev–Trinajstić information content (AvgIpc) is 3.33. The molecule has 0 aliphatic heterocycles. The van der Waals surface area contributed by atoms with Gasteiger partial charge in [-0.2, -0.15) is 0 Å². The molecule has 3 aromatic rings. The van der Waals surface area contributed by atoms with Crippen molar-refractivity contribution in [3.8, 4) is 0 Å². The first kappa shape index (κ1) is 19.6. The van der Waals surface area contributed by atoms with Crippen molar-refractivity contribution in [2.24, 2.45) is 0 Å². The van der Waals surface area contributed by atoms with E-state index in [-0.39, 0.29) is 29.8 Å². The Balaban J connectivity index is 1.61. The highest BCUT2D eigenvalue weighted by atomic mass is 35.5. The number of H-pyrrole nitrogens is 1. The normalized spacial score (nSPS) is 18.3. The van der Waals surface area contributed by atoms with Gasteiger partial charge < -0.3 is 15.2 Å². The SMILES string of the molecule is CN(C(=O)CCl)[C@@H]1c2ccccc2CC1NC(=O)c1cc2sc(Cl)c(Cl)c2[nH]1. The number of aromatic amines is 1. The quantitative estimate of drug-likeness (QED) is 0.562. The third kappa shape index (κ3) is 3.28. The molecule has 0 spiro atoms. The van der Waals surface area contributed by atoms with Crippen LogP contribution in [0.1, 0.15) is 27.7 Å². The lowest BCUT2D eigenvalue weighted by Gasteiger charge is -2.30. The van der Waals surface area contributed by atoms with Crippen molar-refractivity contribution in [3.05, 3.63) is 56.5 Å². The van der Waals surface area contributed by atoms with Crippen molar-refractivity contribution < 1.29 is 9.59 Å². The molecule has 1 aliphatic carbocycles. The first-order valence-corrected chi connectivity index (χ1v) is 10.7. The number of thiophene rings is 1. The Labute approximate surface area is 180 Å². The second kappa shape index (κ2) is 7.59. The van der Waals surface area contributed by atoms with E-state index in [1.807, 2.05) is 24.3 Å². The van der Waals surface area contributed by atoms with Crippen molar-refractivity contribution in [1.29, 1.82) is 0 Å². The van der Waals surface area contributed by atoms with Gasteiger partial charge in [-0.3, -0.25) is 9.59 Å². The van der Waals surface area contributed by atoms with Gasteiger partial charge in [0, 0.05) is 7.05 Å². The first-order chi connectivity index (χ1) is 13.4. The standard InChI is InChI=1S/C19H16Cl3N3O2S/c1-25(14(26)8-20)17-10-5-3-2-4-9(10)6-11(17)24-19(27)12-7-13-16(23-12)15(21)18(22)28-13/h2-5,7,11,17,23H,6,8H2,1H3,(H,24,27)/t11?,17-/m1/s1. The zero-order valence-electron chi connectivity index (χ0n) is 14.8. The van der Waals surface area contributed by atoms with Crippen LogP contribution in [0.2, 0.25) is 9.36 Å². The van der Waals surface area contributed by atoms with Crippen molar-refractivity contribution in [2.45, 2.75) is 18.5 Å². The summed E-state index contributed by atoms with van der Waals surface area (Å²) in [7, 11) is 1.71. The Kier molecular flexibility index (Phi) is 5.31. The predicted octanol–water partition coefficient (Wildman–Crippen LogP) is 4.63. The van der Waals surface area contributed by atoms with Crippen molar-refractivity contribution >= 4 is 68.2 Å². The van der Waals surface area contributed by atoms with Crippen LogP contribution in [-0.4, -0.2) is 40.7 Å². The maximum Gasteiger partial charge on any atom is 0.268 e. The molecule has 146 valence electrons. The third-order valence-electron chi connectivity index (χ3n) is 5.05. The molecule has 0 radical (unpaired) electrons. The first-order valence-electron chi connectivity index (χ1n) is 8.57. The van der Waals surface area contributed by atoms with Gasteiger partial charge in [0.25, 0.3) is 5.91 Å². The molecule has 5 nitrogen and oxygen atoms in total. The Hall–Kier alpha value is -1.73. The maximum atomic E-state index is 12.9. The molecule has 2 N–H and O–H groups in total. The summed E-state index contributed by atoms with van der Waals surface area (Å²) in [6.07, 6.45) is 0.633. The minimum atomic E-state index is -0.277. The van der Waals surface area contributed by atoms with Gasteiger partial charge in [0.15, 0.2) is 0 Å². The van der Waals surface area contributed by atoms with E-state index in [0.29, 0.717) is 27.0 Å². The molecule has 1 unspecified atom stereocenters. The number of rotatable bonds is 4. The largest absolute Gasteiger partial charge is 0.349 e. The fraction of sp³-hybridized carbons (Fsp3) is 0.263. The van der Waals surface area contributed by atoms with E-state index in [4.69, 9.17) is 34.8 Å². The number of aromatic nitrogens is 1. The molecule has 2 amide bonds. The van der Waals surface area contributed by atoms with Crippen LogP contribution in [0.3, 0.4) is 0 Å². The fourth-order valence-corrected chi connectivity index (χ4v) is 5.39. The number of halogens is 3. The zero-order chi connectivity index (χ0) is 20.0. The van der Waals surface area contributed by atoms with E-state index < -0.39 is 0 Å². The maximum absolute atomic E-state index is 12.9. The summed E-state index contributed by atoms with van der Waals surface area (Å²) in [6.45, 7) is 0. The van der Waals surface area contributed by atoms with Gasteiger partial charge in [0.2, 0.25) is 5.91 Å². The highest BCUT2D eigenvalue weighted by Gasteiger charge is 2.38. The van der Waals surface area contributed by atoms with E-state index >= 15 is 0 Å². The van der Waals surface area contributed by atoms with Gasteiger partial charge in [-0.1, -0.05) is 47.5 Å². The molecule has 1 aliphatic rings. The second-order valence-electron chi connectivity index (χ2n) is 6.68. The molecule has 0 saturated heterocycles. The van der Waals surface area contributed by atoms with Crippen LogP contribution in [0.15, 0.2) is 30.3 Å². The summed E-state index contributed by atoms with van der Waals surface area (Å²) in [5.41, 5.74) is 3.19. The fourth-order valence-electron chi connectivity index (χ4n) is 3.72. The highest BCUT2D eigenvalue weighted by molar-refractivity contribution is 7.23. The van der Waals surface area contributed by atoms with Crippen LogP contribution < -0.4 is 5.32 Å². The number of carbonyl (C=O) groups is 2. The molecular formula is C19H16Cl3N3O2S. The van der Waals surface area contributed by atoms with Crippen LogP contribution in [0.4, 0.5) is 0 Å². The smallest absolute Gasteiger partial charge is 0.268 e. The van der Waals surface area contributed by atoms with Gasteiger partial charge in [0.1, 0.15) is 15.9 Å². The number of likely N-dealkylation sites (N-methyl/N-ethyl adjacent to an activating group) is 1. The number of benzene rings is 1. The molecule has 4 rings (SSSR count). The van der Waals surface area contributed by atoms with E-state index in [0.717, 1.165) is 15.8 Å². The lowest BCUT2D eigenvalue weighted by Crippen LogP contribution is -2.45. The summed E-state index contributed by atoms with van der Waals surface area (Å²) >= 11 is 19.3. The van der Waals surface area contributed by atoms with Gasteiger partial charge in [0.05, 0.1) is 27.3 Å². The topological polar surface area (TPSA) is 65.2 Å². The van der Waals surface area contributed by atoms with Crippen LogP contribution in [0.5, 0.6) is 0 Å². The van der Waals surface area contributed by atoms with Gasteiger partial charge >= 0.3 is 0 Å². The molecule has 0 fully saturated rings. The minimum Gasteiger partial charge on any atom is -0.349 e. The monoisotopic (exact) mass is 455 g/mol. The van der Waals surface area contributed by atoms with Crippen molar-refractivity contribution in [2.75, 3.05) is 12.9 Å². The number of alkyl halides is 1. The second-order valence-corrected chi connectivity index (χ2v) is 8.98. The highest BCUT2D eigenvalue weighted by Crippen LogP contribution is 2.39. The van der Waals surface area contributed by atoms with E-state index in [9.17, 15) is 9.59 Å². The molecule has 2 heterocycles. The van der Waals surface area contributed by atoms with Crippen LogP contribution in [-0.2, 0) is 11.2 Å².